The van der Waals surface area contributed by atoms with Gasteiger partial charge >= 0.3 is 0 Å². The number of benzene rings is 3. The van der Waals surface area contributed by atoms with Crippen LogP contribution in [0.2, 0.25) is 0 Å². The summed E-state index contributed by atoms with van der Waals surface area (Å²) in [5.41, 5.74) is 3.25. The van der Waals surface area contributed by atoms with Gasteiger partial charge in [-0.3, -0.25) is 19.3 Å². The fourth-order valence-electron chi connectivity index (χ4n) is 3.62. The molecule has 0 atom stereocenters. The van der Waals surface area contributed by atoms with Crippen molar-refractivity contribution in [2.24, 2.45) is 0 Å². The fraction of sp³-hybridized carbons (Fsp3) is 0.179. The number of nitrogens with one attached hydrogen (secondary N) is 1. The Morgan fingerprint density at radius 1 is 1.03 bits per heavy atom. The quantitative estimate of drug-likeness (QED) is 0.294. The zero-order valence-corrected chi connectivity index (χ0v) is 22.7. The summed E-state index contributed by atoms with van der Waals surface area (Å²) in [4.78, 5) is 39.2. The van der Waals surface area contributed by atoms with Crippen molar-refractivity contribution in [1.29, 1.82) is 0 Å². The first kappa shape index (κ1) is 26.5. The van der Waals surface area contributed by atoms with Crippen LogP contribution in [0.1, 0.15) is 23.6 Å². The number of ether oxygens (including phenoxy) is 2. The minimum atomic E-state index is -0.524. The lowest BCUT2D eigenvalue weighted by Gasteiger charge is -2.14. The Hall–Kier alpha value is -3.56. The van der Waals surface area contributed by atoms with Gasteiger partial charge in [0.2, 0.25) is 5.91 Å². The van der Waals surface area contributed by atoms with Crippen LogP contribution >= 0.6 is 27.7 Å². The van der Waals surface area contributed by atoms with Crippen molar-refractivity contribution in [2.75, 3.05) is 18.5 Å². The normalized spacial score (nSPS) is 14.2. The number of hydrogen-bond donors (Lipinski definition) is 1. The molecule has 7 nitrogen and oxygen atoms in total. The Bertz CT molecular complexity index is 1360. The summed E-state index contributed by atoms with van der Waals surface area (Å²) in [6.45, 7) is 4.21. The highest BCUT2D eigenvalue weighted by Gasteiger charge is 2.36. The third-order valence-corrected chi connectivity index (χ3v) is 6.96. The molecule has 9 heteroatoms. The average molecular weight is 581 g/mol. The molecular weight excluding hydrogens is 556 g/mol. The highest BCUT2D eigenvalue weighted by atomic mass is 79.9. The van der Waals surface area contributed by atoms with Gasteiger partial charge < -0.3 is 14.8 Å². The molecule has 0 radical (unpaired) electrons. The lowest BCUT2D eigenvalue weighted by molar-refractivity contribution is -0.127. The van der Waals surface area contributed by atoms with Crippen LogP contribution in [0.3, 0.4) is 0 Å². The van der Waals surface area contributed by atoms with Gasteiger partial charge in [0, 0.05) is 10.2 Å². The third-order valence-electron chi connectivity index (χ3n) is 5.36. The number of imide groups is 1. The van der Waals surface area contributed by atoms with E-state index in [0.717, 1.165) is 27.8 Å². The summed E-state index contributed by atoms with van der Waals surface area (Å²) in [7, 11) is 0. The smallest absolute Gasteiger partial charge is 0.294 e. The lowest BCUT2D eigenvalue weighted by Crippen LogP contribution is -2.36. The number of rotatable bonds is 9. The predicted molar refractivity (Wildman–Crippen MR) is 149 cm³/mol. The number of halogens is 1. The highest BCUT2D eigenvalue weighted by molar-refractivity contribution is 9.10. The van der Waals surface area contributed by atoms with Crippen molar-refractivity contribution in [3.8, 4) is 11.5 Å². The van der Waals surface area contributed by atoms with E-state index in [4.69, 9.17) is 9.47 Å². The van der Waals surface area contributed by atoms with Crippen molar-refractivity contribution in [1.82, 2.24) is 4.90 Å². The molecule has 1 fully saturated rings. The summed E-state index contributed by atoms with van der Waals surface area (Å²) < 4.78 is 12.4. The maximum atomic E-state index is 13.0. The largest absolute Gasteiger partial charge is 0.490 e. The van der Waals surface area contributed by atoms with Crippen LogP contribution in [-0.4, -0.2) is 35.1 Å². The van der Waals surface area contributed by atoms with E-state index in [0.29, 0.717) is 40.4 Å². The van der Waals surface area contributed by atoms with Gasteiger partial charge in [-0.25, -0.2) is 0 Å². The molecule has 1 aliphatic heterocycles. The molecule has 0 aromatic heterocycles. The van der Waals surface area contributed by atoms with Gasteiger partial charge in [-0.2, -0.15) is 0 Å². The topological polar surface area (TPSA) is 84.9 Å². The minimum Gasteiger partial charge on any atom is -0.490 e. The van der Waals surface area contributed by atoms with Crippen molar-refractivity contribution in [3.63, 3.8) is 0 Å². The van der Waals surface area contributed by atoms with E-state index in [1.807, 2.05) is 62.4 Å². The van der Waals surface area contributed by atoms with Gasteiger partial charge in [-0.15, -0.1) is 0 Å². The molecule has 0 bridgehead atoms. The molecule has 0 saturated carbocycles. The van der Waals surface area contributed by atoms with E-state index in [1.54, 1.807) is 24.3 Å². The Balaban J connectivity index is 1.49. The molecule has 37 heavy (non-hydrogen) atoms. The molecule has 3 amide bonds. The molecule has 0 unspecified atom stereocenters. The van der Waals surface area contributed by atoms with Gasteiger partial charge in [0.15, 0.2) is 11.5 Å². The first-order valence-electron chi connectivity index (χ1n) is 11.6. The van der Waals surface area contributed by atoms with Crippen molar-refractivity contribution >= 4 is 56.5 Å². The Morgan fingerprint density at radius 3 is 2.51 bits per heavy atom. The standard InChI is InChI=1S/C28H25BrN2O5S/c1-3-35-23-13-20(22(29)15-24(23)36-17-19-9-5-4-6-10-19)14-25-27(33)31(28(34)37-25)16-26(32)30-21-11-7-8-18(2)12-21/h4-15H,3,16-17H2,1-2H3,(H,30,32)/b25-14-. The van der Waals surface area contributed by atoms with Crippen molar-refractivity contribution in [3.05, 3.63) is 92.8 Å². The summed E-state index contributed by atoms with van der Waals surface area (Å²) >= 11 is 4.33. The molecule has 1 saturated heterocycles. The maximum Gasteiger partial charge on any atom is 0.294 e. The first-order valence-corrected chi connectivity index (χ1v) is 13.2. The monoisotopic (exact) mass is 580 g/mol. The molecule has 1 N–H and O–H groups in total. The number of amides is 3. The predicted octanol–water partition coefficient (Wildman–Crippen LogP) is 6.41. The number of carbonyl (C=O) groups excluding carboxylic acids is 3. The highest BCUT2D eigenvalue weighted by Crippen LogP contribution is 2.38. The number of anilines is 1. The summed E-state index contributed by atoms with van der Waals surface area (Å²) in [5.74, 6) is 0.0952. The van der Waals surface area contributed by atoms with Gasteiger partial charge in [0.1, 0.15) is 13.2 Å². The second-order valence-corrected chi connectivity index (χ2v) is 10.1. The summed E-state index contributed by atoms with van der Waals surface area (Å²) in [5, 5.41) is 2.22. The zero-order chi connectivity index (χ0) is 26.4. The number of hydrogen-bond acceptors (Lipinski definition) is 6. The van der Waals surface area contributed by atoms with E-state index in [2.05, 4.69) is 21.2 Å². The van der Waals surface area contributed by atoms with Crippen LogP contribution < -0.4 is 14.8 Å². The Labute approximate surface area is 228 Å². The fourth-order valence-corrected chi connectivity index (χ4v) is 4.89. The minimum absolute atomic E-state index is 0.217. The summed E-state index contributed by atoms with van der Waals surface area (Å²) in [6, 6.07) is 20.6. The lowest BCUT2D eigenvalue weighted by atomic mass is 10.1. The Kier molecular flexibility index (Phi) is 8.68. The van der Waals surface area contributed by atoms with E-state index in [1.165, 1.54) is 0 Å². The molecule has 0 aliphatic carbocycles. The van der Waals surface area contributed by atoms with E-state index >= 15 is 0 Å². The third kappa shape index (κ3) is 6.81. The Morgan fingerprint density at radius 2 is 1.78 bits per heavy atom. The molecule has 3 aromatic rings. The number of thioether (sulfide) groups is 1. The SMILES string of the molecule is CCOc1cc(/C=C2\SC(=O)N(CC(=O)Nc3cccc(C)c3)C2=O)c(Br)cc1OCc1ccccc1. The zero-order valence-electron chi connectivity index (χ0n) is 20.3. The maximum absolute atomic E-state index is 13.0. The van der Waals surface area contributed by atoms with Crippen LogP contribution in [-0.2, 0) is 16.2 Å². The second-order valence-electron chi connectivity index (χ2n) is 8.21. The van der Waals surface area contributed by atoms with Gasteiger partial charge in [0.25, 0.3) is 11.1 Å². The van der Waals surface area contributed by atoms with Gasteiger partial charge in [0.05, 0.1) is 11.5 Å². The van der Waals surface area contributed by atoms with Crippen LogP contribution in [0.25, 0.3) is 6.08 Å². The van der Waals surface area contributed by atoms with Crippen LogP contribution in [0.5, 0.6) is 11.5 Å². The van der Waals surface area contributed by atoms with E-state index in [-0.39, 0.29) is 11.4 Å². The number of nitrogens with zero attached hydrogens (tertiary/aromatic N) is 1. The van der Waals surface area contributed by atoms with Crippen LogP contribution in [0.4, 0.5) is 10.5 Å². The van der Waals surface area contributed by atoms with E-state index < -0.39 is 17.1 Å². The van der Waals surface area contributed by atoms with Crippen LogP contribution in [0.15, 0.2) is 76.1 Å². The molecule has 1 heterocycles. The molecule has 1 aliphatic rings. The average Bonchev–Trinajstić information content (AvgIpc) is 3.13. The van der Waals surface area contributed by atoms with Crippen LogP contribution in [0, 0.1) is 6.92 Å². The molecule has 0 spiro atoms. The second kappa shape index (κ2) is 12.1. The van der Waals surface area contributed by atoms with Gasteiger partial charge in [-0.05, 0) is 72.6 Å². The van der Waals surface area contributed by atoms with Crippen molar-refractivity contribution < 1.29 is 23.9 Å². The molecule has 3 aromatic carbocycles. The summed E-state index contributed by atoms with van der Waals surface area (Å²) in [6.07, 6.45) is 1.61. The first-order chi connectivity index (χ1) is 17.8. The van der Waals surface area contributed by atoms with Gasteiger partial charge in [-0.1, -0.05) is 58.4 Å². The van der Waals surface area contributed by atoms with Crippen molar-refractivity contribution in [2.45, 2.75) is 20.5 Å². The molecular formula is C28H25BrN2O5S. The van der Waals surface area contributed by atoms with E-state index in [9.17, 15) is 14.4 Å². The number of aryl methyl sites for hydroxylation is 1. The molecule has 4 rings (SSSR count). The number of carbonyl (C=O) groups is 3. The molecule has 190 valence electrons.